The van der Waals surface area contributed by atoms with Gasteiger partial charge >= 0.3 is 0 Å². The second-order valence-corrected chi connectivity index (χ2v) is 5.92. The molecule has 1 aromatic heterocycles. The average molecular weight is 341 g/mol. The lowest BCUT2D eigenvalue weighted by molar-refractivity contribution is 0.0951. The third-order valence-corrected chi connectivity index (χ3v) is 4.13. The lowest BCUT2D eigenvalue weighted by Crippen LogP contribution is -2.26. The predicted molar refractivity (Wildman–Crippen MR) is 96.7 cm³/mol. The largest absolute Gasteiger partial charge is 0.494 e. The molecule has 7 nitrogen and oxygen atoms in total. The highest BCUT2D eigenvalue weighted by atomic mass is 16.5. The first-order valence-electron chi connectivity index (χ1n) is 8.54. The number of amides is 1. The number of benzene rings is 1. The number of carbonyl (C=O) groups excluding carboxylic acids is 1. The Bertz CT molecular complexity index is 727. The summed E-state index contributed by atoms with van der Waals surface area (Å²) < 4.78 is 5.40. The van der Waals surface area contributed by atoms with Crippen molar-refractivity contribution in [2.24, 2.45) is 0 Å². The van der Waals surface area contributed by atoms with Crippen LogP contribution in [-0.2, 0) is 6.54 Å². The van der Waals surface area contributed by atoms with Gasteiger partial charge in [0.2, 0.25) is 5.95 Å². The Labute approximate surface area is 147 Å². The normalized spacial score (nSPS) is 13.7. The van der Waals surface area contributed by atoms with Crippen molar-refractivity contribution in [3.05, 3.63) is 41.6 Å². The summed E-state index contributed by atoms with van der Waals surface area (Å²) in [7, 11) is 0. The highest BCUT2D eigenvalue weighted by molar-refractivity contribution is 5.98. The first-order chi connectivity index (χ1) is 12.2. The van der Waals surface area contributed by atoms with E-state index in [1.807, 2.05) is 31.2 Å². The summed E-state index contributed by atoms with van der Waals surface area (Å²) in [4.78, 5) is 23.0. The molecule has 1 amide bonds. The van der Waals surface area contributed by atoms with Crippen molar-refractivity contribution in [2.45, 2.75) is 26.3 Å². The Morgan fingerprint density at radius 3 is 2.64 bits per heavy atom. The van der Waals surface area contributed by atoms with Crippen LogP contribution in [0.4, 0.5) is 11.8 Å². The molecule has 1 fully saturated rings. The van der Waals surface area contributed by atoms with Gasteiger partial charge in [-0.1, -0.05) is 12.1 Å². The Hall–Kier alpha value is -2.83. The lowest BCUT2D eigenvalue weighted by Gasteiger charge is -2.16. The molecule has 3 rings (SSSR count). The van der Waals surface area contributed by atoms with Gasteiger partial charge in [0.25, 0.3) is 5.91 Å². The standard InChI is InChI=1S/C18H23N5O2/c1-2-25-14-7-5-13(6-8-14)11-20-17(24)15-12-21-18(22-16(15)19)23-9-3-4-10-23/h5-8,12H,2-4,9-11H2,1H3,(H,20,24)(H2,19,21,22). The molecule has 1 aliphatic heterocycles. The first kappa shape index (κ1) is 17.0. The van der Waals surface area contributed by atoms with Crippen LogP contribution in [0.1, 0.15) is 35.7 Å². The van der Waals surface area contributed by atoms with E-state index < -0.39 is 0 Å². The highest BCUT2D eigenvalue weighted by Crippen LogP contribution is 2.18. The molecule has 7 heteroatoms. The minimum atomic E-state index is -0.278. The van der Waals surface area contributed by atoms with Crippen molar-refractivity contribution < 1.29 is 9.53 Å². The predicted octanol–water partition coefficient (Wildman–Crippen LogP) is 1.99. The zero-order valence-electron chi connectivity index (χ0n) is 14.4. The van der Waals surface area contributed by atoms with Gasteiger partial charge < -0.3 is 20.7 Å². The quantitative estimate of drug-likeness (QED) is 0.834. The fraction of sp³-hybridized carbons (Fsp3) is 0.389. The topological polar surface area (TPSA) is 93.4 Å². The Morgan fingerprint density at radius 1 is 1.28 bits per heavy atom. The maximum absolute atomic E-state index is 12.3. The number of nitrogens with zero attached hydrogens (tertiary/aromatic N) is 3. The highest BCUT2D eigenvalue weighted by Gasteiger charge is 2.18. The molecule has 0 aliphatic carbocycles. The lowest BCUT2D eigenvalue weighted by atomic mass is 10.2. The van der Waals surface area contributed by atoms with E-state index in [-0.39, 0.29) is 11.7 Å². The number of nitrogens with two attached hydrogens (primary N) is 1. The molecule has 0 atom stereocenters. The van der Waals surface area contributed by atoms with E-state index in [4.69, 9.17) is 10.5 Å². The summed E-state index contributed by atoms with van der Waals surface area (Å²) in [5.74, 6) is 1.34. The van der Waals surface area contributed by atoms with Crippen molar-refractivity contribution in [1.82, 2.24) is 15.3 Å². The van der Waals surface area contributed by atoms with Crippen LogP contribution in [0, 0.1) is 0 Å². The maximum Gasteiger partial charge on any atom is 0.256 e. The third-order valence-electron chi connectivity index (χ3n) is 4.13. The molecular formula is C18H23N5O2. The van der Waals surface area contributed by atoms with Crippen molar-refractivity contribution in [1.29, 1.82) is 0 Å². The van der Waals surface area contributed by atoms with Gasteiger partial charge in [0.15, 0.2) is 0 Å². The molecule has 1 saturated heterocycles. The zero-order valence-corrected chi connectivity index (χ0v) is 14.4. The van der Waals surface area contributed by atoms with Crippen LogP contribution in [0.25, 0.3) is 0 Å². The smallest absolute Gasteiger partial charge is 0.256 e. The summed E-state index contributed by atoms with van der Waals surface area (Å²) in [5, 5.41) is 2.84. The van der Waals surface area contributed by atoms with Crippen molar-refractivity contribution >= 4 is 17.7 Å². The van der Waals surface area contributed by atoms with E-state index in [9.17, 15) is 4.79 Å². The molecular weight excluding hydrogens is 318 g/mol. The summed E-state index contributed by atoms with van der Waals surface area (Å²) >= 11 is 0. The summed E-state index contributed by atoms with van der Waals surface area (Å²) in [5.41, 5.74) is 7.23. The van der Waals surface area contributed by atoms with Gasteiger partial charge in [0, 0.05) is 25.8 Å². The van der Waals surface area contributed by atoms with E-state index in [1.54, 1.807) is 0 Å². The Morgan fingerprint density at radius 2 is 2.00 bits per heavy atom. The van der Waals surface area contributed by atoms with Gasteiger partial charge in [-0.15, -0.1) is 0 Å². The summed E-state index contributed by atoms with van der Waals surface area (Å²) in [6.07, 6.45) is 3.77. The molecule has 0 spiro atoms. The van der Waals surface area contributed by atoms with Crippen LogP contribution in [0.2, 0.25) is 0 Å². The van der Waals surface area contributed by atoms with Crippen LogP contribution >= 0.6 is 0 Å². The number of aromatic nitrogens is 2. The fourth-order valence-electron chi connectivity index (χ4n) is 2.78. The van der Waals surface area contributed by atoms with Crippen molar-refractivity contribution in [2.75, 3.05) is 30.3 Å². The number of nitrogens with one attached hydrogen (secondary N) is 1. The number of hydrogen-bond donors (Lipinski definition) is 2. The van der Waals surface area contributed by atoms with Gasteiger partial charge in [-0.05, 0) is 37.5 Å². The zero-order chi connectivity index (χ0) is 17.6. The van der Waals surface area contributed by atoms with Crippen LogP contribution in [0.5, 0.6) is 5.75 Å². The van der Waals surface area contributed by atoms with Crippen molar-refractivity contribution in [3.8, 4) is 5.75 Å². The minimum absolute atomic E-state index is 0.209. The number of anilines is 2. The van der Waals surface area contributed by atoms with Crippen LogP contribution < -0.4 is 20.7 Å². The van der Waals surface area contributed by atoms with Crippen LogP contribution in [-0.4, -0.2) is 35.6 Å². The number of ether oxygens (including phenoxy) is 1. The number of rotatable bonds is 6. The van der Waals surface area contributed by atoms with E-state index in [1.165, 1.54) is 6.20 Å². The van der Waals surface area contributed by atoms with Gasteiger partial charge in [0.1, 0.15) is 11.6 Å². The molecule has 0 saturated carbocycles. The van der Waals surface area contributed by atoms with E-state index in [0.717, 1.165) is 37.2 Å². The van der Waals surface area contributed by atoms with Crippen LogP contribution in [0.15, 0.2) is 30.5 Å². The summed E-state index contributed by atoms with van der Waals surface area (Å²) in [6, 6.07) is 7.60. The first-order valence-corrected chi connectivity index (χ1v) is 8.54. The number of hydrogen-bond acceptors (Lipinski definition) is 6. The molecule has 2 aromatic rings. The monoisotopic (exact) mass is 341 g/mol. The minimum Gasteiger partial charge on any atom is -0.494 e. The van der Waals surface area contributed by atoms with Gasteiger partial charge in [0.05, 0.1) is 12.2 Å². The number of nitrogen functional groups attached to an aromatic ring is 1. The fourth-order valence-corrected chi connectivity index (χ4v) is 2.78. The van der Waals surface area contributed by atoms with Gasteiger partial charge in [-0.2, -0.15) is 4.98 Å². The molecule has 132 valence electrons. The second kappa shape index (κ2) is 7.83. The molecule has 2 heterocycles. The summed E-state index contributed by atoms with van der Waals surface area (Å²) in [6.45, 7) is 4.84. The van der Waals surface area contributed by atoms with Gasteiger partial charge in [-0.3, -0.25) is 4.79 Å². The van der Waals surface area contributed by atoms with Crippen molar-refractivity contribution in [3.63, 3.8) is 0 Å². The van der Waals surface area contributed by atoms with Crippen LogP contribution in [0.3, 0.4) is 0 Å². The van der Waals surface area contributed by atoms with Gasteiger partial charge in [-0.25, -0.2) is 4.98 Å². The Kier molecular flexibility index (Phi) is 5.33. The van der Waals surface area contributed by atoms with E-state index >= 15 is 0 Å². The maximum atomic E-state index is 12.3. The molecule has 3 N–H and O–H groups in total. The molecule has 0 bridgehead atoms. The third kappa shape index (κ3) is 4.17. The second-order valence-electron chi connectivity index (χ2n) is 5.92. The SMILES string of the molecule is CCOc1ccc(CNC(=O)c2cnc(N3CCCC3)nc2N)cc1. The van der Waals surface area contributed by atoms with E-state index in [2.05, 4.69) is 20.2 Å². The molecule has 1 aromatic carbocycles. The molecule has 0 radical (unpaired) electrons. The molecule has 25 heavy (non-hydrogen) atoms. The molecule has 0 unspecified atom stereocenters. The Balaban J connectivity index is 1.60. The average Bonchev–Trinajstić information content (AvgIpc) is 3.16. The molecule has 1 aliphatic rings. The number of carbonyl (C=O) groups is 1. The van der Waals surface area contributed by atoms with E-state index in [0.29, 0.717) is 24.7 Å².